The number of fused-ring (bicyclic) bond motifs is 1. The van der Waals surface area contributed by atoms with E-state index in [1.807, 2.05) is 3.56 Å². The van der Waals surface area contributed by atoms with E-state index < -0.39 is 0 Å². The van der Waals surface area contributed by atoms with Crippen LogP contribution in [0.15, 0.2) is 41.2 Å². The Morgan fingerprint density at radius 3 is 2.33 bits per heavy atom. The maximum atomic E-state index is 13.1. The molecule has 4 rings (SSSR count). The third-order valence-electron chi connectivity index (χ3n) is 5.82. The van der Waals surface area contributed by atoms with E-state index in [0.717, 1.165) is 43.3 Å². The first-order valence-corrected chi connectivity index (χ1v) is 11.9. The van der Waals surface area contributed by atoms with E-state index in [1.165, 1.54) is 5.56 Å². The van der Waals surface area contributed by atoms with Gasteiger partial charge in [0.25, 0.3) is 0 Å². The number of piperidine rings is 1. The topological polar surface area (TPSA) is 52.9 Å². The van der Waals surface area contributed by atoms with E-state index in [2.05, 4.69) is 35.2 Å². The summed E-state index contributed by atoms with van der Waals surface area (Å²) in [5, 5.41) is 0.686. The summed E-state index contributed by atoms with van der Waals surface area (Å²) < 4.78 is 19.5. The van der Waals surface area contributed by atoms with Crippen LogP contribution >= 0.6 is 0 Å². The predicted molar refractivity (Wildman–Crippen MR) is 119 cm³/mol. The molecule has 30 heavy (non-hydrogen) atoms. The van der Waals surface area contributed by atoms with Crippen LogP contribution in [-0.2, 0) is 13.1 Å². The molecule has 3 aromatic rings. The fourth-order valence-corrected chi connectivity index (χ4v) is 6.69. The molecule has 0 amide bonds. The second-order valence-corrected chi connectivity index (χ2v) is 9.85. The van der Waals surface area contributed by atoms with Gasteiger partial charge in [-0.2, -0.15) is 0 Å². The number of ether oxygens (including phenoxy) is 3. The average Bonchev–Trinajstić information content (AvgIpc) is 3.09. The van der Waals surface area contributed by atoms with Gasteiger partial charge in [0.1, 0.15) is 0 Å². The number of aromatic nitrogens is 1. The molecule has 2 aromatic carbocycles. The third-order valence-corrected chi connectivity index (χ3v) is 8.18. The summed E-state index contributed by atoms with van der Waals surface area (Å²) in [6.07, 6.45) is 2.24. The zero-order chi connectivity index (χ0) is 21.1. The van der Waals surface area contributed by atoms with Crippen molar-refractivity contribution >= 4 is 24.4 Å². The van der Waals surface area contributed by atoms with Gasteiger partial charge >= 0.3 is 183 Å². The van der Waals surface area contributed by atoms with Gasteiger partial charge in [-0.1, -0.05) is 0 Å². The van der Waals surface area contributed by atoms with Crippen molar-refractivity contribution < 1.29 is 14.2 Å². The molecule has 0 unspecified atom stereocenters. The molecule has 1 aliphatic rings. The molecule has 0 aliphatic carbocycles. The normalized spacial score (nSPS) is 15.4. The van der Waals surface area contributed by atoms with Crippen molar-refractivity contribution in [2.24, 2.45) is 5.92 Å². The summed E-state index contributed by atoms with van der Waals surface area (Å²) in [6.45, 7) is 3.96. The number of hydrogen-bond acceptors (Lipinski definition) is 5. The van der Waals surface area contributed by atoms with Crippen molar-refractivity contribution in [2.45, 2.75) is 25.9 Å². The van der Waals surface area contributed by atoms with E-state index in [4.69, 9.17) is 14.2 Å². The summed E-state index contributed by atoms with van der Waals surface area (Å²) in [6, 6.07) is 12.4. The summed E-state index contributed by atoms with van der Waals surface area (Å²) in [5.74, 6) is 2.25. The molecule has 6 nitrogen and oxygen atoms in total. The molecule has 2 heterocycles. The second kappa shape index (κ2) is 9.29. The molecule has 0 radical (unpaired) electrons. The fraction of sp³-hybridized carbons (Fsp3) is 0.435. The first-order valence-electron chi connectivity index (χ1n) is 10.2. The van der Waals surface area contributed by atoms with Gasteiger partial charge in [0.15, 0.2) is 0 Å². The van der Waals surface area contributed by atoms with Crippen LogP contribution in [-0.4, -0.2) is 57.6 Å². The Morgan fingerprint density at radius 2 is 1.70 bits per heavy atom. The molecule has 0 atom stereocenters. The van der Waals surface area contributed by atoms with E-state index in [9.17, 15) is 4.79 Å². The summed E-state index contributed by atoms with van der Waals surface area (Å²) >= 11 is -0.113. The zero-order valence-electron chi connectivity index (χ0n) is 17.7. The minimum absolute atomic E-state index is 0.0796. The molecule has 0 bridgehead atoms. The molecular formula is C23H28N2O4Se. The van der Waals surface area contributed by atoms with Crippen molar-refractivity contribution in [2.75, 3.05) is 34.4 Å². The Kier molecular flexibility index (Phi) is 6.52. The average molecular weight is 475 g/mol. The molecular weight excluding hydrogens is 447 g/mol. The van der Waals surface area contributed by atoms with Crippen LogP contribution in [0.2, 0.25) is 0 Å². The van der Waals surface area contributed by atoms with Crippen LogP contribution in [0.5, 0.6) is 17.2 Å². The predicted octanol–water partition coefficient (Wildman–Crippen LogP) is 3.00. The Bertz CT molecular complexity index is 1050. The van der Waals surface area contributed by atoms with E-state index >= 15 is 0 Å². The van der Waals surface area contributed by atoms with Gasteiger partial charge in [0, 0.05) is 0 Å². The van der Waals surface area contributed by atoms with Gasteiger partial charge in [0.2, 0.25) is 0 Å². The van der Waals surface area contributed by atoms with Crippen LogP contribution in [0.4, 0.5) is 0 Å². The van der Waals surface area contributed by atoms with Crippen LogP contribution in [0.3, 0.4) is 0 Å². The summed E-state index contributed by atoms with van der Waals surface area (Å²) in [7, 11) is 4.79. The molecule has 1 saturated heterocycles. The summed E-state index contributed by atoms with van der Waals surface area (Å²) in [4.78, 5) is 15.6. The maximum absolute atomic E-state index is 13.1. The molecule has 1 fully saturated rings. The van der Waals surface area contributed by atoms with E-state index in [0.29, 0.717) is 28.6 Å². The number of benzene rings is 2. The Labute approximate surface area is 182 Å². The van der Waals surface area contributed by atoms with Gasteiger partial charge in [-0.3, -0.25) is 0 Å². The van der Waals surface area contributed by atoms with Crippen molar-refractivity contribution in [3.8, 4) is 17.2 Å². The first kappa shape index (κ1) is 21.0. The van der Waals surface area contributed by atoms with Crippen molar-refractivity contribution in [1.29, 1.82) is 0 Å². The van der Waals surface area contributed by atoms with Crippen LogP contribution in [0, 0.1) is 5.92 Å². The Balaban J connectivity index is 1.49. The number of methoxy groups -OCH3 is 3. The molecule has 0 N–H and O–H groups in total. The number of nitrogens with zero attached hydrogens (tertiary/aromatic N) is 2. The zero-order valence-corrected chi connectivity index (χ0v) is 19.4. The Morgan fingerprint density at radius 1 is 1.00 bits per heavy atom. The molecule has 1 aromatic heterocycles. The number of hydrogen-bond donors (Lipinski definition) is 0. The van der Waals surface area contributed by atoms with Gasteiger partial charge in [-0.15, -0.1) is 0 Å². The van der Waals surface area contributed by atoms with E-state index in [1.54, 1.807) is 27.4 Å². The van der Waals surface area contributed by atoms with Gasteiger partial charge < -0.3 is 0 Å². The SMILES string of the molecule is COc1cc2c(=O)n(CC3CCN(Cc4ccccc4)CC3)[se]c2c(OC)c1OC. The number of likely N-dealkylation sites (tertiary alicyclic amines) is 1. The molecule has 1 aliphatic heterocycles. The van der Waals surface area contributed by atoms with E-state index in [-0.39, 0.29) is 20.3 Å². The van der Waals surface area contributed by atoms with Gasteiger partial charge in [-0.25, -0.2) is 0 Å². The molecule has 160 valence electrons. The van der Waals surface area contributed by atoms with Crippen molar-refractivity contribution in [3.05, 3.63) is 52.3 Å². The van der Waals surface area contributed by atoms with Crippen LogP contribution in [0.25, 0.3) is 9.65 Å². The quantitative estimate of drug-likeness (QED) is 0.492. The van der Waals surface area contributed by atoms with Crippen molar-refractivity contribution in [3.63, 3.8) is 0 Å². The monoisotopic (exact) mass is 476 g/mol. The van der Waals surface area contributed by atoms with Crippen LogP contribution < -0.4 is 19.8 Å². The van der Waals surface area contributed by atoms with Gasteiger partial charge in [-0.05, 0) is 0 Å². The Hall–Kier alpha value is -2.21. The first-order chi connectivity index (χ1) is 14.6. The second-order valence-electron chi connectivity index (χ2n) is 7.68. The fourth-order valence-electron chi connectivity index (χ4n) is 4.19. The van der Waals surface area contributed by atoms with Crippen molar-refractivity contribution in [1.82, 2.24) is 8.46 Å². The minimum atomic E-state index is -0.113. The molecule has 7 heteroatoms. The number of rotatable bonds is 7. The van der Waals surface area contributed by atoms with Crippen LogP contribution in [0.1, 0.15) is 18.4 Å². The third kappa shape index (κ3) is 4.15. The van der Waals surface area contributed by atoms with Gasteiger partial charge in [0.05, 0.1) is 0 Å². The summed E-state index contributed by atoms with van der Waals surface area (Å²) in [5.41, 5.74) is 1.44. The standard InChI is InChI=1S/C23H28N2O4Se/c1-27-19-13-18-22(21(29-3)20(19)28-2)30-25(23(18)26)15-17-9-11-24(12-10-17)14-16-7-5-4-6-8-16/h4-8,13,17H,9-12,14-15H2,1-3H3. The molecule has 0 saturated carbocycles. The molecule has 0 spiro atoms.